The molecule has 0 N–H and O–H groups in total. The summed E-state index contributed by atoms with van der Waals surface area (Å²) in [5.41, 5.74) is 8.17. The van der Waals surface area contributed by atoms with Gasteiger partial charge in [-0.2, -0.15) is 4.40 Å². The van der Waals surface area contributed by atoms with E-state index >= 15 is 0 Å². The molecule has 5 aromatic rings. The molecule has 0 amide bonds. The molecule has 1 aliphatic heterocycles. The minimum atomic E-state index is -0.690. The van der Waals surface area contributed by atoms with Crippen molar-refractivity contribution in [3.05, 3.63) is 65.9 Å². The van der Waals surface area contributed by atoms with E-state index in [1.54, 1.807) is 0 Å². The van der Waals surface area contributed by atoms with Gasteiger partial charge in [-0.05, 0) is 35.7 Å². The Morgan fingerprint density at radius 1 is 1.04 bits per heavy atom. The number of hydrogen-bond donors (Lipinski definition) is 0. The highest BCUT2D eigenvalue weighted by Gasteiger charge is 2.32. The predicted molar refractivity (Wildman–Crippen MR) is 101 cm³/mol. The van der Waals surface area contributed by atoms with Crippen molar-refractivity contribution in [2.24, 2.45) is 0 Å². The van der Waals surface area contributed by atoms with Crippen LogP contribution < -0.4 is 4.57 Å². The molecular weight excluding hydrogens is 306 g/mol. The molecule has 25 heavy (non-hydrogen) atoms. The Labute approximate surface area is 146 Å². The summed E-state index contributed by atoms with van der Waals surface area (Å²) in [4.78, 5) is 4.79. The largest absolute Gasteiger partial charge is 0.298 e. The lowest BCUT2D eigenvalue weighted by molar-refractivity contribution is -0.631. The van der Waals surface area contributed by atoms with E-state index in [2.05, 4.69) is 57.5 Å². The van der Waals surface area contributed by atoms with E-state index in [1.165, 1.54) is 27.6 Å². The summed E-state index contributed by atoms with van der Waals surface area (Å²) in [5, 5.41) is 2.33. The van der Waals surface area contributed by atoms with E-state index in [0.29, 0.717) is 0 Å². The number of hydrogen-bond acceptors (Lipinski definition) is 1. The Hall–Kier alpha value is -2.94. The van der Waals surface area contributed by atoms with Gasteiger partial charge in [-0.1, -0.05) is 38.1 Å². The van der Waals surface area contributed by atoms with Crippen LogP contribution in [0.4, 0.5) is 0 Å². The van der Waals surface area contributed by atoms with Crippen LogP contribution in [0.2, 0.25) is 0 Å². The topological polar surface area (TPSA) is 21.2 Å². The lowest BCUT2D eigenvalue weighted by atomic mass is 9.96. The molecule has 0 bridgehead atoms. The van der Waals surface area contributed by atoms with Crippen LogP contribution in [0.3, 0.4) is 0 Å². The SMILES string of the molecule is [2H]C(C)(C)c1cccc2c1c1nccc3c1c1n2c2ccccc2[n+]1C3. The zero-order valence-electron chi connectivity index (χ0n) is 15.2. The molecule has 4 heterocycles. The van der Waals surface area contributed by atoms with Gasteiger partial charge >= 0.3 is 0 Å². The van der Waals surface area contributed by atoms with Gasteiger partial charge in [0.05, 0.1) is 16.3 Å². The standard InChI is InChI=1S/C22H18N3/c1-13(2)15-6-5-9-18-20(15)21-19-14(10-11-23-21)12-24-16-7-3-4-8-17(16)25(18)22(19)24/h3-11,13H,12H2,1-2H3/q+1/i13D. The molecule has 0 saturated carbocycles. The molecule has 0 atom stereocenters. The van der Waals surface area contributed by atoms with E-state index < -0.39 is 5.89 Å². The maximum Gasteiger partial charge on any atom is 0.298 e. The first kappa shape index (κ1) is 12.4. The second kappa shape index (κ2) is 4.37. The molecule has 3 nitrogen and oxygen atoms in total. The zero-order chi connectivity index (χ0) is 17.6. The van der Waals surface area contributed by atoms with Crippen molar-refractivity contribution < 1.29 is 5.94 Å². The van der Waals surface area contributed by atoms with Crippen molar-refractivity contribution in [1.82, 2.24) is 9.38 Å². The number of para-hydroxylation sites is 2. The minimum Gasteiger partial charge on any atom is -0.255 e. The maximum atomic E-state index is 8.69. The molecule has 6 rings (SSSR count). The summed E-state index contributed by atoms with van der Waals surface area (Å²) >= 11 is 0. The second-order valence-corrected chi connectivity index (χ2v) is 7.13. The van der Waals surface area contributed by atoms with Crippen molar-refractivity contribution in [2.75, 3.05) is 0 Å². The lowest BCUT2D eigenvalue weighted by Gasteiger charge is -2.11. The molecule has 3 heteroatoms. The highest BCUT2D eigenvalue weighted by Crippen LogP contribution is 2.38. The van der Waals surface area contributed by atoms with Crippen LogP contribution in [0, 0.1) is 0 Å². The Balaban J connectivity index is 2.04. The van der Waals surface area contributed by atoms with E-state index in [-0.39, 0.29) is 0 Å². The predicted octanol–water partition coefficient (Wildman–Crippen LogP) is 4.57. The third-order valence-corrected chi connectivity index (χ3v) is 5.53. The van der Waals surface area contributed by atoms with Crippen molar-refractivity contribution in [3.8, 4) is 0 Å². The molecular formula is C22H18N3+. The van der Waals surface area contributed by atoms with Crippen LogP contribution in [-0.2, 0) is 6.54 Å². The second-order valence-electron chi connectivity index (χ2n) is 7.13. The molecule has 2 aromatic carbocycles. The van der Waals surface area contributed by atoms with Gasteiger partial charge < -0.3 is 0 Å². The summed E-state index contributed by atoms with van der Waals surface area (Å²) in [6, 6.07) is 17.0. The number of rotatable bonds is 1. The molecule has 0 radical (unpaired) electrons. The van der Waals surface area contributed by atoms with Gasteiger partial charge in [0, 0.05) is 13.1 Å². The average molecular weight is 325 g/mol. The van der Waals surface area contributed by atoms with Gasteiger partial charge in [0.15, 0.2) is 11.0 Å². The van der Waals surface area contributed by atoms with Gasteiger partial charge in [-0.25, -0.2) is 4.57 Å². The maximum absolute atomic E-state index is 8.69. The Kier molecular flexibility index (Phi) is 2.17. The molecule has 0 spiro atoms. The van der Waals surface area contributed by atoms with Gasteiger partial charge in [0.1, 0.15) is 12.1 Å². The van der Waals surface area contributed by atoms with Crippen LogP contribution >= 0.6 is 0 Å². The van der Waals surface area contributed by atoms with Gasteiger partial charge in [-0.15, -0.1) is 0 Å². The van der Waals surface area contributed by atoms with E-state index in [4.69, 9.17) is 6.35 Å². The molecule has 0 saturated heterocycles. The van der Waals surface area contributed by atoms with E-state index in [0.717, 1.165) is 28.5 Å². The Bertz CT molecular complexity index is 1390. The fraction of sp³-hybridized carbons (Fsp3) is 0.182. The molecule has 3 aromatic heterocycles. The van der Waals surface area contributed by atoms with Crippen molar-refractivity contribution in [3.63, 3.8) is 0 Å². The number of nitrogens with zero attached hydrogens (tertiary/aromatic N) is 3. The number of aromatic nitrogens is 3. The molecule has 120 valence electrons. The first-order valence-electron chi connectivity index (χ1n) is 9.21. The number of imidazole rings is 1. The van der Waals surface area contributed by atoms with Crippen molar-refractivity contribution in [2.45, 2.75) is 26.3 Å². The highest BCUT2D eigenvalue weighted by atomic mass is 15.1. The quantitative estimate of drug-likeness (QED) is 0.320. The van der Waals surface area contributed by atoms with Gasteiger partial charge in [-0.3, -0.25) is 4.98 Å². The fourth-order valence-electron chi connectivity index (χ4n) is 4.52. The molecule has 1 aliphatic rings. The van der Waals surface area contributed by atoms with Crippen LogP contribution in [0.15, 0.2) is 54.7 Å². The summed E-state index contributed by atoms with van der Waals surface area (Å²) in [6.45, 7) is 4.78. The number of fused-ring (bicyclic) bond motifs is 6. The number of benzene rings is 2. The van der Waals surface area contributed by atoms with Gasteiger partial charge in [0.2, 0.25) is 0 Å². The zero-order valence-corrected chi connectivity index (χ0v) is 14.2. The summed E-state index contributed by atoms with van der Waals surface area (Å²) in [5.74, 6) is -0.690. The first-order valence-corrected chi connectivity index (χ1v) is 8.71. The summed E-state index contributed by atoms with van der Waals surface area (Å²) in [6.07, 6.45) is 1.91. The van der Waals surface area contributed by atoms with Gasteiger partial charge in [0.25, 0.3) is 5.65 Å². The smallest absolute Gasteiger partial charge is 0.255 e. The third kappa shape index (κ3) is 1.47. The van der Waals surface area contributed by atoms with Crippen LogP contribution in [0.5, 0.6) is 0 Å². The Morgan fingerprint density at radius 3 is 2.76 bits per heavy atom. The lowest BCUT2D eigenvalue weighted by Crippen LogP contribution is -2.30. The molecule has 0 unspecified atom stereocenters. The average Bonchev–Trinajstić information content (AvgIpc) is 3.16. The fourth-order valence-corrected chi connectivity index (χ4v) is 4.52. The summed E-state index contributed by atoms with van der Waals surface area (Å²) < 4.78 is 13.4. The van der Waals surface area contributed by atoms with Crippen LogP contribution in [0.25, 0.3) is 38.5 Å². The van der Waals surface area contributed by atoms with Crippen molar-refractivity contribution >= 4 is 38.5 Å². The summed E-state index contributed by atoms with van der Waals surface area (Å²) in [7, 11) is 0. The molecule has 0 aliphatic carbocycles. The van der Waals surface area contributed by atoms with Crippen LogP contribution in [0.1, 0.15) is 32.2 Å². The normalized spacial score (nSPS) is 14.4. The first-order chi connectivity index (χ1) is 12.6. The van der Waals surface area contributed by atoms with E-state index in [1.807, 2.05) is 20.0 Å². The van der Waals surface area contributed by atoms with Crippen LogP contribution in [-0.4, -0.2) is 9.38 Å². The van der Waals surface area contributed by atoms with E-state index in [9.17, 15) is 0 Å². The minimum absolute atomic E-state index is 0.690. The highest BCUT2D eigenvalue weighted by molar-refractivity contribution is 6.13. The third-order valence-electron chi connectivity index (χ3n) is 5.53. The number of pyridine rings is 2. The van der Waals surface area contributed by atoms with Crippen molar-refractivity contribution in [1.29, 1.82) is 0 Å². The monoisotopic (exact) mass is 325 g/mol. The molecule has 0 fully saturated rings. The Morgan fingerprint density at radius 2 is 1.88 bits per heavy atom.